The molecule has 1 heterocycles. The Kier molecular flexibility index (Phi) is 3.79. The van der Waals surface area contributed by atoms with E-state index in [0.717, 1.165) is 11.3 Å². The van der Waals surface area contributed by atoms with Gasteiger partial charge in [0, 0.05) is 0 Å². The molecule has 1 aromatic heterocycles. The quantitative estimate of drug-likeness (QED) is 0.886. The van der Waals surface area contributed by atoms with E-state index in [0.29, 0.717) is 18.8 Å². The van der Waals surface area contributed by atoms with E-state index >= 15 is 0 Å². The minimum atomic E-state index is -1.06. The van der Waals surface area contributed by atoms with Crippen LogP contribution in [0.3, 0.4) is 0 Å². The van der Waals surface area contributed by atoms with Crippen LogP contribution in [-0.2, 0) is 6.54 Å². The lowest BCUT2D eigenvalue weighted by Crippen LogP contribution is -2.06. The van der Waals surface area contributed by atoms with Crippen LogP contribution in [0.25, 0.3) is 0 Å². The van der Waals surface area contributed by atoms with Crippen LogP contribution in [0.15, 0.2) is 24.3 Å². The molecule has 0 aliphatic carbocycles. The van der Waals surface area contributed by atoms with Crippen molar-refractivity contribution < 1.29 is 14.6 Å². The van der Waals surface area contributed by atoms with Crippen molar-refractivity contribution in [1.29, 1.82) is 0 Å². The Morgan fingerprint density at radius 1 is 1.37 bits per heavy atom. The Morgan fingerprint density at radius 3 is 2.58 bits per heavy atom. The lowest BCUT2D eigenvalue weighted by atomic mass is 10.2. The topological polar surface area (TPSA) is 77.2 Å². The lowest BCUT2D eigenvalue weighted by molar-refractivity contribution is 0.0689. The van der Waals surface area contributed by atoms with Crippen molar-refractivity contribution >= 4 is 5.97 Å². The molecule has 0 bridgehead atoms. The number of hydrogen-bond donors (Lipinski definition) is 1. The molecule has 0 radical (unpaired) electrons. The number of carbonyl (C=O) groups is 1. The lowest BCUT2D eigenvalue weighted by Gasteiger charge is -2.06. The predicted molar refractivity (Wildman–Crippen MR) is 68.4 cm³/mol. The van der Waals surface area contributed by atoms with E-state index in [-0.39, 0.29) is 5.69 Å². The average Bonchev–Trinajstić information content (AvgIpc) is 2.74. The van der Waals surface area contributed by atoms with Gasteiger partial charge in [0.25, 0.3) is 0 Å². The SMILES string of the molecule is CCOc1ccc(Cn2nnc(C(=O)O)c2C)cc1. The highest BCUT2D eigenvalue weighted by molar-refractivity contribution is 5.86. The summed E-state index contributed by atoms with van der Waals surface area (Å²) in [5.74, 6) is -0.247. The molecular formula is C13H15N3O3. The molecule has 0 aliphatic rings. The van der Waals surface area contributed by atoms with Crippen molar-refractivity contribution in [2.45, 2.75) is 20.4 Å². The van der Waals surface area contributed by atoms with Gasteiger partial charge in [-0.25, -0.2) is 9.48 Å². The highest BCUT2D eigenvalue weighted by Crippen LogP contribution is 2.14. The van der Waals surface area contributed by atoms with Gasteiger partial charge in [-0.15, -0.1) is 5.10 Å². The number of carboxylic acid groups (broad SMARTS) is 1. The Hall–Kier alpha value is -2.37. The maximum Gasteiger partial charge on any atom is 0.358 e. The van der Waals surface area contributed by atoms with Crippen LogP contribution in [0.1, 0.15) is 28.7 Å². The number of hydrogen-bond acceptors (Lipinski definition) is 4. The van der Waals surface area contributed by atoms with Gasteiger partial charge < -0.3 is 9.84 Å². The van der Waals surface area contributed by atoms with E-state index in [9.17, 15) is 4.79 Å². The highest BCUT2D eigenvalue weighted by atomic mass is 16.5. The molecule has 0 atom stereocenters. The standard InChI is InChI=1S/C13H15N3O3/c1-3-19-11-6-4-10(5-7-11)8-16-9(2)12(13(17)18)14-15-16/h4-7H,3,8H2,1-2H3,(H,17,18). The zero-order chi connectivity index (χ0) is 13.8. The second-order valence-electron chi connectivity index (χ2n) is 4.06. The summed E-state index contributed by atoms with van der Waals surface area (Å²) in [6.45, 7) is 4.74. The molecule has 2 rings (SSSR count). The normalized spacial score (nSPS) is 10.4. The predicted octanol–water partition coefficient (Wildman–Crippen LogP) is 1.73. The van der Waals surface area contributed by atoms with E-state index in [2.05, 4.69) is 10.3 Å². The third-order valence-corrected chi connectivity index (χ3v) is 2.75. The van der Waals surface area contributed by atoms with Gasteiger partial charge in [0.1, 0.15) is 5.75 Å². The third-order valence-electron chi connectivity index (χ3n) is 2.75. The molecule has 0 spiro atoms. The van der Waals surface area contributed by atoms with Gasteiger partial charge in [-0.05, 0) is 31.5 Å². The first-order valence-corrected chi connectivity index (χ1v) is 5.97. The Bertz CT molecular complexity index is 575. The Labute approximate surface area is 110 Å². The maximum absolute atomic E-state index is 10.9. The van der Waals surface area contributed by atoms with Crippen LogP contribution >= 0.6 is 0 Å². The zero-order valence-corrected chi connectivity index (χ0v) is 10.8. The Balaban J connectivity index is 2.15. The fourth-order valence-corrected chi connectivity index (χ4v) is 1.74. The third kappa shape index (κ3) is 2.90. The number of carboxylic acids is 1. The molecule has 2 aromatic rings. The van der Waals surface area contributed by atoms with E-state index in [4.69, 9.17) is 9.84 Å². The first kappa shape index (κ1) is 13.1. The number of rotatable bonds is 5. The molecule has 0 aliphatic heterocycles. The molecule has 6 nitrogen and oxygen atoms in total. The summed E-state index contributed by atoms with van der Waals surface area (Å²) in [5, 5.41) is 16.4. The molecule has 6 heteroatoms. The van der Waals surface area contributed by atoms with Crippen LogP contribution in [-0.4, -0.2) is 32.7 Å². The van der Waals surface area contributed by atoms with E-state index < -0.39 is 5.97 Å². The van der Waals surface area contributed by atoms with Crippen molar-refractivity contribution in [3.63, 3.8) is 0 Å². The summed E-state index contributed by atoms with van der Waals surface area (Å²) in [5.41, 5.74) is 1.54. The summed E-state index contributed by atoms with van der Waals surface area (Å²) in [4.78, 5) is 10.9. The Morgan fingerprint density at radius 2 is 2.05 bits per heavy atom. The van der Waals surface area contributed by atoms with Crippen molar-refractivity contribution in [3.05, 3.63) is 41.2 Å². The van der Waals surface area contributed by atoms with Gasteiger partial charge in [0.2, 0.25) is 0 Å². The van der Waals surface area contributed by atoms with Gasteiger partial charge in [0.05, 0.1) is 18.8 Å². The minimum absolute atomic E-state index is 0.00839. The summed E-state index contributed by atoms with van der Waals surface area (Å²) in [7, 11) is 0. The second kappa shape index (κ2) is 5.51. The first-order chi connectivity index (χ1) is 9.11. The van der Waals surface area contributed by atoms with Crippen LogP contribution < -0.4 is 4.74 Å². The number of benzene rings is 1. The maximum atomic E-state index is 10.9. The molecule has 0 amide bonds. The smallest absolute Gasteiger partial charge is 0.358 e. The highest BCUT2D eigenvalue weighted by Gasteiger charge is 2.14. The fourth-order valence-electron chi connectivity index (χ4n) is 1.74. The molecule has 19 heavy (non-hydrogen) atoms. The molecule has 100 valence electrons. The molecule has 1 aromatic carbocycles. The molecule has 0 fully saturated rings. The number of ether oxygens (including phenoxy) is 1. The average molecular weight is 261 g/mol. The monoisotopic (exact) mass is 261 g/mol. The fraction of sp³-hybridized carbons (Fsp3) is 0.308. The number of nitrogens with zero attached hydrogens (tertiary/aromatic N) is 3. The van der Waals surface area contributed by atoms with Crippen molar-refractivity contribution in [2.24, 2.45) is 0 Å². The molecule has 0 saturated carbocycles. The van der Waals surface area contributed by atoms with Gasteiger partial charge in [0.15, 0.2) is 5.69 Å². The number of aromatic nitrogens is 3. The van der Waals surface area contributed by atoms with Crippen LogP contribution in [0.5, 0.6) is 5.75 Å². The molecule has 0 unspecified atom stereocenters. The van der Waals surface area contributed by atoms with E-state index in [1.54, 1.807) is 11.6 Å². The molecule has 1 N–H and O–H groups in total. The van der Waals surface area contributed by atoms with Gasteiger partial charge in [-0.1, -0.05) is 17.3 Å². The second-order valence-corrected chi connectivity index (χ2v) is 4.06. The summed E-state index contributed by atoms with van der Waals surface area (Å²) in [6, 6.07) is 7.60. The largest absolute Gasteiger partial charge is 0.494 e. The molecule has 0 saturated heterocycles. The van der Waals surface area contributed by atoms with Gasteiger partial charge in [-0.2, -0.15) is 0 Å². The van der Waals surface area contributed by atoms with E-state index in [1.165, 1.54) is 0 Å². The zero-order valence-electron chi connectivity index (χ0n) is 10.8. The van der Waals surface area contributed by atoms with Gasteiger partial charge >= 0.3 is 5.97 Å². The summed E-state index contributed by atoms with van der Waals surface area (Å²) in [6.07, 6.45) is 0. The van der Waals surface area contributed by atoms with Gasteiger partial charge in [-0.3, -0.25) is 0 Å². The van der Waals surface area contributed by atoms with E-state index in [1.807, 2.05) is 31.2 Å². The van der Waals surface area contributed by atoms with Crippen LogP contribution in [0.4, 0.5) is 0 Å². The van der Waals surface area contributed by atoms with Crippen LogP contribution in [0.2, 0.25) is 0 Å². The first-order valence-electron chi connectivity index (χ1n) is 5.97. The minimum Gasteiger partial charge on any atom is -0.494 e. The van der Waals surface area contributed by atoms with Crippen molar-refractivity contribution in [1.82, 2.24) is 15.0 Å². The van der Waals surface area contributed by atoms with Crippen molar-refractivity contribution in [3.8, 4) is 5.75 Å². The number of aromatic carboxylic acids is 1. The van der Waals surface area contributed by atoms with Crippen LogP contribution in [0, 0.1) is 6.92 Å². The summed E-state index contributed by atoms with van der Waals surface area (Å²) >= 11 is 0. The van der Waals surface area contributed by atoms with Crippen molar-refractivity contribution in [2.75, 3.05) is 6.61 Å². The summed E-state index contributed by atoms with van der Waals surface area (Å²) < 4.78 is 6.93. The molecular weight excluding hydrogens is 246 g/mol.